The maximum Gasteiger partial charge on any atom is 0.313 e. The number of nitrogens with zero attached hydrogens (tertiary/aromatic N) is 1. The highest BCUT2D eigenvalue weighted by molar-refractivity contribution is 5.46. The van der Waals surface area contributed by atoms with Gasteiger partial charge in [-0.05, 0) is 19.2 Å². The van der Waals surface area contributed by atoms with Gasteiger partial charge in [0.05, 0.1) is 11.0 Å². The Bertz CT molecular complexity index is 483. The van der Waals surface area contributed by atoms with Gasteiger partial charge in [0.25, 0.3) is 0 Å². The Morgan fingerprint density at radius 1 is 1.53 bits per heavy atom. The number of halogens is 1. The van der Waals surface area contributed by atoms with Crippen LogP contribution in [-0.4, -0.2) is 37.3 Å². The predicted molar refractivity (Wildman–Crippen MR) is 65.7 cm³/mol. The van der Waals surface area contributed by atoms with Crippen LogP contribution in [0, 0.1) is 15.9 Å². The van der Waals surface area contributed by atoms with Crippen LogP contribution >= 0.6 is 0 Å². The predicted octanol–water partition coefficient (Wildman–Crippen LogP) is 1.49. The Morgan fingerprint density at radius 3 is 2.84 bits per heavy atom. The van der Waals surface area contributed by atoms with E-state index in [1.807, 2.05) is 7.05 Å². The molecule has 104 valence electrons. The summed E-state index contributed by atoms with van der Waals surface area (Å²) in [4.78, 5) is 10.2. The minimum Gasteiger partial charge on any atom is -0.481 e. The number of rotatable bonds is 5. The van der Waals surface area contributed by atoms with Gasteiger partial charge in [0.1, 0.15) is 18.0 Å². The van der Waals surface area contributed by atoms with E-state index in [-0.39, 0.29) is 29.7 Å². The van der Waals surface area contributed by atoms with Crippen molar-refractivity contribution in [3.63, 3.8) is 0 Å². The lowest BCUT2D eigenvalue weighted by Gasteiger charge is -2.42. The van der Waals surface area contributed by atoms with E-state index in [9.17, 15) is 14.5 Å². The van der Waals surface area contributed by atoms with Crippen LogP contribution in [0.5, 0.6) is 5.75 Å². The Morgan fingerprint density at radius 2 is 2.26 bits per heavy atom. The van der Waals surface area contributed by atoms with Crippen molar-refractivity contribution in [1.82, 2.24) is 5.32 Å². The Hall–Kier alpha value is -1.73. The number of hydrogen-bond acceptors (Lipinski definition) is 5. The molecule has 3 unspecified atom stereocenters. The van der Waals surface area contributed by atoms with E-state index in [1.165, 1.54) is 6.07 Å². The molecule has 1 saturated carbocycles. The zero-order valence-corrected chi connectivity index (χ0v) is 10.6. The third kappa shape index (κ3) is 2.66. The first-order valence-electron chi connectivity index (χ1n) is 5.87. The molecule has 0 bridgehead atoms. The number of benzene rings is 1. The first-order valence-corrected chi connectivity index (χ1v) is 5.87. The van der Waals surface area contributed by atoms with Crippen LogP contribution in [0.2, 0.25) is 0 Å². The number of ether oxygens (including phenoxy) is 2. The molecule has 2 rings (SSSR count). The molecule has 1 fully saturated rings. The van der Waals surface area contributed by atoms with Crippen LogP contribution in [0.4, 0.5) is 10.1 Å². The van der Waals surface area contributed by atoms with E-state index in [0.717, 1.165) is 12.1 Å². The minimum atomic E-state index is -0.663. The molecule has 6 nitrogen and oxygen atoms in total. The Labute approximate surface area is 109 Å². The molecule has 0 aromatic heterocycles. The molecule has 0 saturated heterocycles. The summed E-state index contributed by atoms with van der Waals surface area (Å²) in [5.41, 5.74) is -0.372. The molecule has 0 aliphatic heterocycles. The van der Waals surface area contributed by atoms with Gasteiger partial charge < -0.3 is 14.8 Å². The van der Waals surface area contributed by atoms with Crippen LogP contribution < -0.4 is 10.1 Å². The highest BCUT2D eigenvalue weighted by Crippen LogP contribution is 2.33. The number of nitro groups is 1. The van der Waals surface area contributed by atoms with E-state index in [4.69, 9.17) is 9.47 Å². The van der Waals surface area contributed by atoms with Gasteiger partial charge in [0, 0.05) is 19.6 Å². The smallest absolute Gasteiger partial charge is 0.313 e. The molecule has 1 aliphatic rings. The number of nitrogens with one attached hydrogen (secondary N) is 1. The summed E-state index contributed by atoms with van der Waals surface area (Å²) >= 11 is 0. The second-order valence-electron chi connectivity index (χ2n) is 4.36. The molecule has 1 aliphatic carbocycles. The van der Waals surface area contributed by atoms with Crippen LogP contribution in [0.3, 0.4) is 0 Å². The monoisotopic (exact) mass is 270 g/mol. The normalized spacial score (nSPS) is 25.7. The van der Waals surface area contributed by atoms with Crippen LogP contribution in [0.25, 0.3) is 0 Å². The standard InChI is InChI=1S/C12H15FN2O4/c1-14-8-6-11(12(8)18-2)19-10-4-3-7(13)5-9(10)15(16)17/h3-5,8,11-12,14H,6H2,1-2H3. The number of likely N-dealkylation sites (N-methyl/N-ethyl adjacent to an activating group) is 1. The van der Waals surface area contributed by atoms with E-state index >= 15 is 0 Å². The molecule has 7 heteroatoms. The Kier molecular flexibility index (Phi) is 3.96. The van der Waals surface area contributed by atoms with Crippen molar-refractivity contribution >= 4 is 5.69 Å². The quantitative estimate of drug-likeness (QED) is 0.648. The molecule has 1 aromatic rings. The van der Waals surface area contributed by atoms with Crippen molar-refractivity contribution in [2.45, 2.75) is 24.7 Å². The molecular formula is C12H15FN2O4. The van der Waals surface area contributed by atoms with Gasteiger partial charge in [-0.25, -0.2) is 4.39 Å². The second-order valence-corrected chi connectivity index (χ2v) is 4.36. The lowest BCUT2D eigenvalue weighted by molar-refractivity contribution is -0.386. The van der Waals surface area contributed by atoms with Gasteiger partial charge in [0.2, 0.25) is 0 Å². The van der Waals surface area contributed by atoms with Crippen molar-refractivity contribution in [3.05, 3.63) is 34.1 Å². The van der Waals surface area contributed by atoms with Crippen molar-refractivity contribution in [3.8, 4) is 5.75 Å². The molecular weight excluding hydrogens is 255 g/mol. The summed E-state index contributed by atoms with van der Waals surface area (Å²) in [6.07, 6.45) is 0.241. The molecule has 0 amide bonds. The molecule has 1 N–H and O–H groups in total. The summed E-state index contributed by atoms with van der Waals surface area (Å²) < 4.78 is 23.8. The zero-order valence-electron chi connectivity index (χ0n) is 10.6. The highest BCUT2D eigenvalue weighted by atomic mass is 19.1. The lowest BCUT2D eigenvalue weighted by atomic mass is 9.85. The van der Waals surface area contributed by atoms with Crippen LogP contribution in [0.15, 0.2) is 18.2 Å². The summed E-state index contributed by atoms with van der Waals surface area (Å²) in [5, 5.41) is 13.9. The molecule has 1 aromatic carbocycles. The summed E-state index contributed by atoms with van der Waals surface area (Å²) in [7, 11) is 3.37. The maximum absolute atomic E-state index is 13.0. The maximum atomic E-state index is 13.0. The molecule has 19 heavy (non-hydrogen) atoms. The van der Waals surface area contributed by atoms with Crippen LogP contribution in [-0.2, 0) is 4.74 Å². The molecule has 0 radical (unpaired) electrons. The Balaban J connectivity index is 2.14. The number of hydrogen-bond donors (Lipinski definition) is 1. The summed E-state index contributed by atoms with van der Waals surface area (Å²) in [6.45, 7) is 0. The first kappa shape index (κ1) is 13.7. The van der Waals surface area contributed by atoms with Gasteiger partial charge >= 0.3 is 5.69 Å². The van der Waals surface area contributed by atoms with Gasteiger partial charge in [-0.15, -0.1) is 0 Å². The molecule has 3 atom stereocenters. The number of methoxy groups -OCH3 is 1. The fourth-order valence-electron chi connectivity index (χ4n) is 2.19. The summed E-state index contributed by atoms with van der Waals surface area (Å²) in [6, 6.07) is 3.42. The fourth-order valence-corrected chi connectivity index (χ4v) is 2.19. The van der Waals surface area contributed by atoms with E-state index < -0.39 is 10.7 Å². The summed E-state index contributed by atoms with van der Waals surface area (Å²) in [5.74, 6) is -0.600. The van der Waals surface area contributed by atoms with E-state index in [0.29, 0.717) is 6.42 Å². The second kappa shape index (κ2) is 5.50. The van der Waals surface area contributed by atoms with Gasteiger partial charge in [-0.1, -0.05) is 0 Å². The van der Waals surface area contributed by atoms with Crippen molar-refractivity contribution < 1.29 is 18.8 Å². The van der Waals surface area contributed by atoms with Gasteiger partial charge in [-0.3, -0.25) is 10.1 Å². The highest BCUT2D eigenvalue weighted by Gasteiger charge is 2.43. The average molecular weight is 270 g/mol. The minimum absolute atomic E-state index is 0.0630. The van der Waals surface area contributed by atoms with Gasteiger partial charge in [0.15, 0.2) is 5.75 Å². The van der Waals surface area contributed by atoms with Crippen molar-refractivity contribution in [1.29, 1.82) is 0 Å². The van der Waals surface area contributed by atoms with Crippen molar-refractivity contribution in [2.75, 3.05) is 14.2 Å². The largest absolute Gasteiger partial charge is 0.481 e. The third-order valence-corrected chi connectivity index (χ3v) is 3.29. The van der Waals surface area contributed by atoms with E-state index in [2.05, 4.69) is 5.32 Å². The molecule has 0 spiro atoms. The third-order valence-electron chi connectivity index (χ3n) is 3.29. The van der Waals surface area contributed by atoms with E-state index in [1.54, 1.807) is 7.11 Å². The van der Waals surface area contributed by atoms with Crippen molar-refractivity contribution in [2.24, 2.45) is 0 Å². The number of nitro benzene ring substituents is 1. The fraction of sp³-hybridized carbons (Fsp3) is 0.500. The SMILES string of the molecule is CNC1CC(Oc2ccc(F)cc2[N+](=O)[O-])C1OC. The average Bonchev–Trinajstić information content (AvgIpc) is 2.35. The topological polar surface area (TPSA) is 73.6 Å². The van der Waals surface area contributed by atoms with Gasteiger partial charge in [-0.2, -0.15) is 0 Å². The first-order chi connectivity index (χ1) is 9.06. The molecule has 0 heterocycles. The zero-order chi connectivity index (χ0) is 14.0. The lowest BCUT2D eigenvalue weighted by Crippen LogP contribution is -2.60. The van der Waals surface area contributed by atoms with Crippen LogP contribution in [0.1, 0.15) is 6.42 Å².